The lowest BCUT2D eigenvalue weighted by Gasteiger charge is -2.11. The second kappa shape index (κ2) is 6.64. The third kappa shape index (κ3) is 2.86. The fourth-order valence-electron chi connectivity index (χ4n) is 3.46. The lowest BCUT2D eigenvalue weighted by molar-refractivity contribution is 0.979. The van der Waals surface area contributed by atoms with Crippen molar-refractivity contribution in [2.24, 2.45) is 0 Å². The molecule has 0 aliphatic rings. The normalized spacial score (nSPS) is 11.9. The van der Waals surface area contributed by atoms with Gasteiger partial charge in [-0.3, -0.25) is 0 Å². The summed E-state index contributed by atoms with van der Waals surface area (Å²) in [5, 5.41) is 5.78. The Bertz CT molecular complexity index is 949. The first-order valence-electron chi connectivity index (χ1n) is 8.39. The summed E-state index contributed by atoms with van der Waals surface area (Å²) < 4.78 is 0. The van der Waals surface area contributed by atoms with Gasteiger partial charge in [-0.05, 0) is 88.6 Å². The Morgan fingerprint density at radius 3 is 2.33 bits per heavy atom. The van der Waals surface area contributed by atoms with Crippen LogP contribution in [0, 0.1) is 13.8 Å². The Hall–Kier alpha value is -1.74. The molecular formula is C22H20P2. The minimum absolute atomic E-state index is 1.11. The van der Waals surface area contributed by atoms with Crippen molar-refractivity contribution in [1.82, 2.24) is 0 Å². The van der Waals surface area contributed by atoms with Gasteiger partial charge in [0.15, 0.2) is 0 Å². The highest BCUT2D eigenvalue weighted by Crippen LogP contribution is 2.31. The second-order valence-electron chi connectivity index (χ2n) is 6.40. The topological polar surface area (TPSA) is 0 Å². The van der Waals surface area contributed by atoms with Gasteiger partial charge in [-0.25, -0.2) is 0 Å². The number of hydrogen-bond acceptors (Lipinski definition) is 0. The van der Waals surface area contributed by atoms with Crippen molar-refractivity contribution in [2.75, 3.05) is 0 Å². The molecule has 24 heavy (non-hydrogen) atoms. The Balaban J connectivity index is 1.72. The van der Waals surface area contributed by atoms with E-state index in [-0.39, 0.29) is 0 Å². The van der Waals surface area contributed by atoms with Gasteiger partial charge in [-0.2, -0.15) is 0 Å². The number of benzene rings is 2. The fraction of sp³-hybridized carbons (Fsp3) is 0.182. The summed E-state index contributed by atoms with van der Waals surface area (Å²) in [6.07, 6.45) is 2.22. The van der Waals surface area contributed by atoms with E-state index < -0.39 is 0 Å². The molecule has 2 heteroatoms. The minimum Gasteiger partial charge on any atom is -0.0758 e. The minimum atomic E-state index is 1.11. The van der Waals surface area contributed by atoms with Crippen molar-refractivity contribution in [3.05, 3.63) is 82.1 Å². The van der Waals surface area contributed by atoms with Crippen LogP contribution in [-0.2, 0) is 12.8 Å². The van der Waals surface area contributed by atoms with Crippen molar-refractivity contribution in [3.8, 4) is 0 Å². The average molecular weight is 346 g/mol. The molecule has 0 atom stereocenters. The van der Waals surface area contributed by atoms with Crippen LogP contribution in [0.5, 0.6) is 0 Å². The molecule has 2 heterocycles. The molecule has 2 aromatic carbocycles. The van der Waals surface area contributed by atoms with Gasteiger partial charge in [0.1, 0.15) is 0 Å². The van der Waals surface area contributed by atoms with Gasteiger partial charge in [0.05, 0.1) is 0 Å². The zero-order valence-corrected chi connectivity index (χ0v) is 15.9. The maximum Gasteiger partial charge on any atom is 0.0125 e. The first kappa shape index (κ1) is 15.8. The van der Waals surface area contributed by atoms with Crippen LogP contribution >= 0.6 is 16.4 Å². The van der Waals surface area contributed by atoms with Gasteiger partial charge in [0.2, 0.25) is 0 Å². The summed E-state index contributed by atoms with van der Waals surface area (Å²) in [6.45, 7) is 4.42. The summed E-state index contributed by atoms with van der Waals surface area (Å²) in [6, 6.07) is 15.9. The van der Waals surface area contributed by atoms with Gasteiger partial charge in [-0.1, -0.05) is 52.8 Å². The zero-order valence-electron chi connectivity index (χ0n) is 14.1. The molecule has 4 rings (SSSR count). The quantitative estimate of drug-likeness (QED) is 0.359. The lowest BCUT2D eigenvalue weighted by Crippen LogP contribution is -1.94. The predicted octanol–water partition coefficient (Wildman–Crippen LogP) is 7.56. The molecule has 0 N–H and O–H groups in total. The molecule has 4 aromatic rings. The molecular weight excluding hydrogens is 326 g/mol. The van der Waals surface area contributed by atoms with E-state index in [4.69, 9.17) is 0 Å². The van der Waals surface area contributed by atoms with E-state index in [1.54, 1.807) is 0 Å². The predicted molar refractivity (Wildman–Crippen MR) is 110 cm³/mol. The molecule has 0 saturated heterocycles. The highest BCUT2D eigenvalue weighted by atomic mass is 31.0. The zero-order chi connectivity index (χ0) is 16.5. The largest absolute Gasteiger partial charge is 0.0758 e. The Morgan fingerprint density at radius 2 is 1.46 bits per heavy atom. The van der Waals surface area contributed by atoms with Crippen LogP contribution in [-0.4, -0.2) is 0 Å². The summed E-state index contributed by atoms with van der Waals surface area (Å²) in [5.41, 5.74) is 5.74. The number of fused-ring (bicyclic) bond motifs is 2. The number of aryl methyl sites for hydroxylation is 4. The second-order valence-corrected chi connectivity index (χ2v) is 8.26. The molecule has 0 saturated carbocycles. The molecule has 0 unspecified atom stereocenters. The SMILES string of the molecule is Cc1ccc(CCc2ccc(C)c3cccpc23)c2cpccc12. The summed E-state index contributed by atoms with van der Waals surface area (Å²) >= 11 is 0. The Kier molecular flexibility index (Phi) is 4.36. The van der Waals surface area contributed by atoms with E-state index in [0.29, 0.717) is 0 Å². The van der Waals surface area contributed by atoms with Crippen molar-refractivity contribution in [3.63, 3.8) is 0 Å². The van der Waals surface area contributed by atoms with Crippen molar-refractivity contribution in [1.29, 1.82) is 0 Å². The highest BCUT2D eigenvalue weighted by Gasteiger charge is 2.07. The summed E-state index contributed by atoms with van der Waals surface area (Å²) in [7, 11) is 2.64. The van der Waals surface area contributed by atoms with E-state index in [1.165, 1.54) is 59.9 Å². The first-order chi connectivity index (χ1) is 11.7. The van der Waals surface area contributed by atoms with E-state index >= 15 is 0 Å². The fourth-order valence-corrected chi connectivity index (χ4v) is 5.30. The molecule has 2 aromatic heterocycles. The number of rotatable bonds is 3. The molecule has 0 aliphatic carbocycles. The van der Waals surface area contributed by atoms with Gasteiger partial charge in [0.25, 0.3) is 0 Å². The first-order valence-corrected chi connectivity index (χ1v) is 10.4. The van der Waals surface area contributed by atoms with E-state index in [0.717, 1.165) is 12.8 Å². The van der Waals surface area contributed by atoms with E-state index in [1.807, 2.05) is 0 Å². The third-order valence-corrected chi connectivity index (χ3v) is 6.70. The smallest absolute Gasteiger partial charge is 0.0125 e. The molecule has 0 bridgehead atoms. The Morgan fingerprint density at radius 1 is 0.708 bits per heavy atom. The molecule has 0 nitrogen and oxygen atoms in total. The standard InChI is InChI=1S/C22H20P2/c1-15-5-7-17(21-14-23-13-11-19(15)21)9-10-18-8-6-16(2)20-4-3-12-24-22(18)20/h3-8,11-14H,9-10H2,1-2H3. The van der Waals surface area contributed by atoms with E-state index in [2.05, 4.69) is 73.7 Å². The van der Waals surface area contributed by atoms with Crippen LogP contribution in [0.3, 0.4) is 0 Å². The molecule has 0 radical (unpaired) electrons. The average Bonchev–Trinajstić information content (AvgIpc) is 2.63. The van der Waals surface area contributed by atoms with Crippen LogP contribution in [0.15, 0.2) is 59.9 Å². The number of hydrogen-bond donors (Lipinski definition) is 0. The van der Waals surface area contributed by atoms with Crippen LogP contribution < -0.4 is 0 Å². The maximum atomic E-state index is 2.36. The van der Waals surface area contributed by atoms with Crippen LogP contribution in [0.2, 0.25) is 0 Å². The third-order valence-electron chi connectivity index (χ3n) is 4.86. The highest BCUT2D eigenvalue weighted by molar-refractivity contribution is 7.36. The van der Waals surface area contributed by atoms with Crippen molar-refractivity contribution in [2.45, 2.75) is 26.7 Å². The van der Waals surface area contributed by atoms with Crippen molar-refractivity contribution < 1.29 is 0 Å². The Labute approximate surface area is 146 Å². The van der Waals surface area contributed by atoms with Gasteiger partial charge < -0.3 is 0 Å². The maximum absolute atomic E-state index is 2.36. The lowest BCUT2D eigenvalue weighted by atomic mass is 9.97. The van der Waals surface area contributed by atoms with Crippen LogP contribution in [0.25, 0.3) is 21.3 Å². The molecule has 0 aliphatic heterocycles. The van der Waals surface area contributed by atoms with Gasteiger partial charge in [0, 0.05) is 5.12 Å². The summed E-state index contributed by atoms with van der Waals surface area (Å²) in [4.78, 5) is 0. The molecule has 0 fully saturated rings. The van der Waals surface area contributed by atoms with E-state index in [9.17, 15) is 0 Å². The van der Waals surface area contributed by atoms with Gasteiger partial charge >= 0.3 is 0 Å². The molecule has 0 amide bonds. The molecule has 118 valence electrons. The van der Waals surface area contributed by atoms with Crippen molar-refractivity contribution >= 4 is 37.7 Å². The summed E-state index contributed by atoms with van der Waals surface area (Å²) in [5.74, 6) is 6.84. The monoisotopic (exact) mass is 346 g/mol. The molecule has 0 spiro atoms. The van der Waals surface area contributed by atoms with Crippen LogP contribution in [0.1, 0.15) is 22.3 Å². The van der Waals surface area contributed by atoms with Crippen LogP contribution in [0.4, 0.5) is 0 Å². The van der Waals surface area contributed by atoms with Gasteiger partial charge in [-0.15, -0.1) is 0 Å².